The number of amides is 1. The molecule has 1 heterocycles. The summed E-state index contributed by atoms with van der Waals surface area (Å²) in [4.78, 5) is 13.6. The van der Waals surface area contributed by atoms with Crippen molar-refractivity contribution in [3.63, 3.8) is 0 Å². The molecule has 0 spiro atoms. The maximum Gasteiger partial charge on any atom is 0.341 e. The van der Waals surface area contributed by atoms with Crippen molar-refractivity contribution in [1.82, 2.24) is 10.2 Å². The molecule has 0 unspecified atom stereocenters. The first-order valence-electron chi connectivity index (χ1n) is 7.40. The molecule has 1 N–H and O–H groups in total. The average Bonchev–Trinajstić information content (AvgIpc) is 2.55. The van der Waals surface area contributed by atoms with E-state index >= 15 is 0 Å². The number of nitrogens with one attached hydrogen (secondary N) is 1. The van der Waals surface area contributed by atoms with E-state index in [1.807, 2.05) is 7.05 Å². The minimum Gasteiger partial charge on any atom is -0.342 e. The molecule has 1 aromatic carbocycles. The molecule has 0 saturated carbocycles. The minimum absolute atomic E-state index is 0.0379. The zero-order valence-electron chi connectivity index (χ0n) is 12.8. The first kappa shape index (κ1) is 17.8. The summed E-state index contributed by atoms with van der Waals surface area (Å²) in [7, 11) is -2.69. The Labute approximate surface area is 134 Å². The molecular formula is C15H20F2N2O3S. The highest BCUT2D eigenvalue weighted by molar-refractivity contribution is 7.91. The summed E-state index contributed by atoms with van der Waals surface area (Å²) in [6.07, 6.45) is 1.93. The van der Waals surface area contributed by atoms with Crippen LogP contribution < -0.4 is 5.32 Å². The van der Waals surface area contributed by atoms with E-state index in [0.717, 1.165) is 25.0 Å². The van der Waals surface area contributed by atoms with Gasteiger partial charge in [-0.15, -0.1) is 0 Å². The smallest absolute Gasteiger partial charge is 0.341 e. The van der Waals surface area contributed by atoms with Crippen molar-refractivity contribution >= 4 is 15.7 Å². The van der Waals surface area contributed by atoms with Gasteiger partial charge in [0.25, 0.3) is 0 Å². The Bertz CT molecular complexity index is 639. The number of benzene rings is 1. The van der Waals surface area contributed by atoms with Crippen molar-refractivity contribution < 1.29 is 22.0 Å². The van der Waals surface area contributed by atoms with Gasteiger partial charge < -0.3 is 10.2 Å². The summed E-state index contributed by atoms with van der Waals surface area (Å²) in [6.45, 7) is 1.37. The lowest BCUT2D eigenvalue weighted by atomic mass is 10.0. The van der Waals surface area contributed by atoms with Crippen LogP contribution in [0.3, 0.4) is 0 Å². The minimum atomic E-state index is -4.59. The molecule has 0 aromatic heterocycles. The second-order valence-electron chi connectivity index (χ2n) is 5.57. The zero-order chi connectivity index (χ0) is 17.0. The lowest BCUT2D eigenvalue weighted by molar-refractivity contribution is -0.131. The number of carbonyl (C=O) groups excluding carboxylic acids is 1. The molecule has 5 nitrogen and oxygen atoms in total. The Kier molecular flexibility index (Phi) is 5.69. The van der Waals surface area contributed by atoms with Crippen LogP contribution in [0.1, 0.15) is 18.4 Å². The molecule has 1 saturated heterocycles. The number of nitrogens with zero attached hydrogens (tertiary/aromatic N) is 1. The van der Waals surface area contributed by atoms with Crippen molar-refractivity contribution in [1.29, 1.82) is 0 Å². The van der Waals surface area contributed by atoms with Crippen molar-refractivity contribution in [2.24, 2.45) is 0 Å². The first-order valence-corrected chi connectivity index (χ1v) is 8.95. The maximum atomic E-state index is 12.5. The summed E-state index contributed by atoms with van der Waals surface area (Å²) < 4.78 is 47.6. The topological polar surface area (TPSA) is 66.5 Å². The van der Waals surface area contributed by atoms with Gasteiger partial charge in [-0.1, -0.05) is 12.1 Å². The van der Waals surface area contributed by atoms with Crippen LogP contribution in [0.4, 0.5) is 8.78 Å². The van der Waals surface area contributed by atoms with E-state index in [4.69, 9.17) is 0 Å². The fraction of sp³-hybridized carbons (Fsp3) is 0.533. The molecule has 1 aromatic rings. The van der Waals surface area contributed by atoms with Gasteiger partial charge in [0, 0.05) is 19.1 Å². The van der Waals surface area contributed by atoms with Gasteiger partial charge in [0.2, 0.25) is 15.7 Å². The third-order valence-electron chi connectivity index (χ3n) is 4.10. The van der Waals surface area contributed by atoms with E-state index in [9.17, 15) is 22.0 Å². The summed E-state index contributed by atoms with van der Waals surface area (Å²) >= 11 is 0. The molecule has 128 valence electrons. The number of alkyl halides is 2. The highest BCUT2D eigenvalue weighted by Crippen LogP contribution is 2.19. The molecule has 2 rings (SSSR count). The first-order chi connectivity index (χ1) is 10.8. The fourth-order valence-corrected chi connectivity index (χ4v) is 3.33. The van der Waals surface area contributed by atoms with Crippen molar-refractivity contribution in [3.05, 3.63) is 29.8 Å². The highest BCUT2D eigenvalue weighted by atomic mass is 32.2. The molecule has 0 atom stereocenters. The van der Waals surface area contributed by atoms with Crippen molar-refractivity contribution in [3.8, 4) is 0 Å². The molecule has 8 heteroatoms. The largest absolute Gasteiger partial charge is 0.342 e. The average molecular weight is 346 g/mol. The molecule has 0 bridgehead atoms. The van der Waals surface area contributed by atoms with Gasteiger partial charge in [-0.2, -0.15) is 8.78 Å². The Morgan fingerprint density at radius 1 is 1.26 bits per heavy atom. The van der Waals surface area contributed by atoms with Gasteiger partial charge in [-0.3, -0.25) is 4.79 Å². The van der Waals surface area contributed by atoms with E-state index in [1.165, 1.54) is 12.1 Å². The van der Waals surface area contributed by atoms with E-state index in [-0.39, 0.29) is 12.3 Å². The molecule has 1 fully saturated rings. The second-order valence-corrected chi connectivity index (χ2v) is 7.49. The summed E-state index contributed by atoms with van der Waals surface area (Å²) in [5.74, 6) is -3.48. The summed E-state index contributed by atoms with van der Waals surface area (Å²) in [5.41, 5.74) is 0.610. The monoisotopic (exact) mass is 346 g/mol. The number of hydrogen-bond acceptors (Lipinski definition) is 4. The Hall–Kier alpha value is -1.54. The van der Waals surface area contributed by atoms with E-state index in [0.29, 0.717) is 24.7 Å². The van der Waals surface area contributed by atoms with Crippen molar-refractivity contribution in [2.45, 2.75) is 36.0 Å². The van der Waals surface area contributed by atoms with Crippen LogP contribution >= 0.6 is 0 Å². The van der Waals surface area contributed by atoms with Gasteiger partial charge in [-0.25, -0.2) is 8.42 Å². The normalized spacial score (nSPS) is 16.8. The third kappa shape index (κ3) is 4.26. The number of hydrogen-bond donors (Lipinski definition) is 1. The van der Waals surface area contributed by atoms with Crippen LogP contribution in [0.25, 0.3) is 0 Å². The molecule has 1 aliphatic heterocycles. The zero-order valence-corrected chi connectivity index (χ0v) is 13.7. The van der Waals surface area contributed by atoms with Crippen LogP contribution in [0, 0.1) is 0 Å². The number of sulfone groups is 1. The molecule has 0 aliphatic carbocycles. The Morgan fingerprint density at radius 3 is 2.30 bits per heavy atom. The standard InChI is InChI=1S/C15H20F2N2O3S/c1-18-12-6-8-19(9-7-12)14(20)10-11-2-4-13(5-3-11)23(21,22)15(16)17/h2-5,12,15,18H,6-10H2,1H3. The van der Waals surface area contributed by atoms with Crippen LogP contribution in [0.2, 0.25) is 0 Å². The number of halogens is 2. The molecule has 0 radical (unpaired) electrons. The quantitative estimate of drug-likeness (QED) is 0.876. The van der Waals surface area contributed by atoms with Gasteiger partial charge >= 0.3 is 5.76 Å². The maximum absolute atomic E-state index is 12.5. The molecular weight excluding hydrogens is 326 g/mol. The van der Waals surface area contributed by atoms with Gasteiger partial charge in [0.15, 0.2) is 0 Å². The number of piperidine rings is 1. The van der Waals surface area contributed by atoms with Crippen LogP contribution in [-0.2, 0) is 21.1 Å². The second kappa shape index (κ2) is 7.35. The van der Waals surface area contributed by atoms with Gasteiger partial charge in [-0.05, 0) is 37.6 Å². The molecule has 1 amide bonds. The summed E-state index contributed by atoms with van der Waals surface area (Å²) in [6, 6.07) is 5.49. The summed E-state index contributed by atoms with van der Waals surface area (Å²) in [5, 5.41) is 3.19. The number of rotatable bonds is 5. The highest BCUT2D eigenvalue weighted by Gasteiger charge is 2.26. The lowest BCUT2D eigenvalue weighted by Gasteiger charge is -2.31. The van der Waals surface area contributed by atoms with Gasteiger partial charge in [0.1, 0.15) is 0 Å². The van der Waals surface area contributed by atoms with E-state index in [2.05, 4.69) is 5.32 Å². The fourth-order valence-electron chi connectivity index (χ4n) is 2.60. The van der Waals surface area contributed by atoms with Crippen LogP contribution in [-0.4, -0.2) is 51.2 Å². The Morgan fingerprint density at radius 2 is 1.83 bits per heavy atom. The molecule has 23 heavy (non-hydrogen) atoms. The third-order valence-corrected chi connectivity index (χ3v) is 5.50. The number of carbonyl (C=O) groups is 1. The predicted octanol–water partition coefficient (Wildman–Crippen LogP) is 1.44. The Balaban J connectivity index is 1.97. The van der Waals surface area contributed by atoms with Crippen molar-refractivity contribution in [2.75, 3.05) is 20.1 Å². The van der Waals surface area contributed by atoms with Gasteiger partial charge in [0.05, 0.1) is 11.3 Å². The van der Waals surface area contributed by atoms with Crippen LogP contribution in [0.15, 0.2) is 29.2 Å². The lowest BCUT2D eigenvalue weighted by Crippen LogP contribution is -2.44. The van der Waals surface area contributed by atoms with E-state index in [1.54, 1.807) is 4.90 Å². The molecule has 1 aliphatic rings. The number of likely N-dealkylation sites (tertiary alicyclic amines) is 1. The SMILES string of the molecule is CNC1CCN(C(=O)Cc2ccc(S(=O)(=O)C(F)F)cc2)CC1. The predicted molar refractivity (Wildman–Crippen MR) is 82.0 cm³/mol. The van der Waals surface area contributed by atoms with E-state index < -0.39 is 20.5 Å². The van der Waals surface area contributed by atoms with Crippen LogP contribution in [0.5, 0.6) is 0 Å².